The lowest BCUT2D eigenvalue weighted by atomic mass is 10.2. The van der Waals surface area contributed by atoms with Gasteiger partial charge in [-0.3, -0.25) is 9.59 Å². The summed E-state index contributed by atoms with van der Waals surface area (Å²) in [5, 5.41) is 15.4. The Labute approximate surface area is 109 Å². The number of likely N-dealkylation sites (N-methyl/N-ethyl adjacent to an activating group) is 1. The van der Waals surface area contributed by atoms with Gasteiger partial charge >= 0.3 is 0 Å². The van der Waals surface area contributed by atoms with Crippen LogP contribution in [0.3, 0.4) is 0 Å². The van der Waals surface area contributed by atoms with E-state index in [1.165, 1.54) is 18.4 Å². The number of aliphatic hydroxyl groups excluding tert-OH is 1. The van der Waals surface area contributed by atoms with Gasteiger partial charge in [0.15, 0.2) is 0 Å². The Balaban J connectivity index is 2.79. The van der Waals surface area contributed by atoms with Crippen molar-refractivity contribution in [1.82, 2.24) is 10.6 Å². The average Bonchev–Trinajstić information content (AvgIpc) is 2.83. The highest BCUT2D eigenvalue weighted by Gasteiger charge is 2.18. The first kappa shape index (κ1) is 14.2. The van der Waals surface area contributed by atoms with Crippen LogP contribution in [0.25, 0.3) is 0 Å². The summed E-state index contributed by atoms with van der Waals surface area (Å²) in [5.41, 5.74) is 0.552. The summed E-state index contributed by atoms with van der Waals surface area (Å²) in [7, 11) is 1.51. The summed E-state index contributed by atoms with van der Waals surface area (Å²) in [4.78, 5) is 23.6. The smallest absolute Gasteiger partial charge is 0.263 e. The van der Waals surface area contributed by atoms with Gasteiger partial charge in [-0.25, -0.2) is 0 Å². The summed E-state index contributed by atoms with van der Waals surface area (Å²) in [6.07, 6.45) is 0. The molecule has 0 fully saturated rings. The molecule has 0 aliphatic carbocycles. The zero-order valence-electron chi connectivity index (χ0n) is 10.1. The number of carbonyl (C=O) groups excluding carboxylic acids is 2. The molecule has 5 nitrogen and oxygen atoms in total. The van der Waals surface area contributed by atoms with Crippen molar-refractivity contribution in [2.75, 3.05) is 13.7 Å². The molecule has 0 aliphatic rings. The minimum atomic E-state index is -0.608. The van der Waals surface area contributed by atoms with E-state index in [0.717, 1.165) is 0 Å². The van der Waals surface area contributed by atoms with E-state index >= 15 is 0 Å². The SMILES string of the molecule is CNC(=O)C(C)NC(=O)c1sccc1C#CCO. The molecule has 1 aromatic heterocycles. The predicted molar refractivity (Wildman–Crippen MR) is 69.3 cm³/mol. The van der Waals surface area contributed by atoms with Gasteiger partial charge in [-0.15, -0.1) is 11.3 Å². The summed E-state index contributed by atoms with van der Waals surface area (Å²) >= 11 is 1.24. The summed E-state index contributed by atoms with van der Waals surface area (Å²) in [6.45, 7) is 1.34. The number of nitrogens with one attached hydrogen (secondary N) is 2. The minimum absolute atomic E-state index is 0.258. The maximum absolute atomic E-state index is 11.9. The van der Waals surface area contributed by atoms with Crippen LogP contribution >= 0.6 is 11.3 Å². The number of amides is 2. The second-order valence-corrected chi connectivity index (χ2v) is 4.35. The average molecular weight is 266 g/mol. The molecule has 0 saturated carbocycles. The molecule has 1 heterocycles. The van der Waals surface area contributed by atoms with Crippen molar-refractivity contribution in [3.05, 3.63) is 21.9 Å². The number of thiophene rings is 1. The summed E-state index contributed by atoms with van der Waals surface area (Å²) in [6, 6.07) is 1.09. The van der Waals surface area contributed by atoms with E-state index in [2.05, 4.69) is 22.5 Å². The highest BCUT2D eigenvalue weighted by molar-refractivity contribution is 7.12. The molecule has 1 aromatic rings. The number of carbonyl (C=O) groups is 2. The zero-order valence-corrected chi connectivity index (χ0v) is 10.9. The number of aliphatic hydroxyl groups is 1. The molecule has 0 aliphatic heterocycles. The normalized spacial score (nSPS) is 11.1. The molecule has 6 heteroatoms. The van der Waals surface area contributed by atoms with Crippen molar-refractivity contribution in [3.8, 4) is 11.8 Å². The Morgan fingerprint density at radius 3 is 2.89 bits per heavy atom. The molecule has 2 amide bonds. The molecule has 96 valence electrons. The predicted octanol–water partition coefficient (Wildman–Crippen LogP) is -0.0438. The Morgan fingerprint density at radius 1 is 1.56 bits per heavy atom. The lowest BCUT2D eigenvalue weighted by molar-refractivity contribution is -0.122. The second-order valence-electron chi connectivity index (χ2n) is 3.43. The maximum atomic E-state index is 11.9. The van der Waals surface area contributed by atoms with Gasteiger partial charge in [-0.05, 0) is 18.4 Å². The maximum Gasteiger partial charge on any atom is 0.263 e. The first-order valence-electron chi connectivity index (χ1n) is 5.29. The van der Waals surface area contributed by atoms with Gasteiger partial charge in [0.1, 0.15) is 17.5 Å². The van der Waals surface area contributed by atoms with Crippen molar-refractivity contribution in [3.63, 3.8) is 0 Å². The standard InChI is InChI=1S/C12H14N2O3S/c1-8(11(16)13-2)14-12(17)10-9(4-3-6-15)5-7-18-10/h5,7-8,15H,6H2,1-2H3,(H,13,16)(H,14,17). The first-order valence-corrected chi connectivity index (χ1v) is 6.17. The van der Waals surface area contributed by atoms with E-state index in [9.17, 15) is 9.59 Å². The second kappa shape index (κ2) is 6.79. The van der Waals surface area contributed by atoms with Crippen LogP contribution in [-0.4, -0.2) is 36.6 Å². The zero-order chi connectivity index (χ0) is 13.5. The number of hydrogen-bond acceptors (Lipinski definition) is 4. The highest BCUT2D eigenvalue weighted by Crippen LogP contribution is 2.15. The molecule has 0 saturated heterocycles. The van der Waals surface area contributed by atoms with E-state index in [0.29, 0.717) is 10.4 Å². The topological polar surface area (TPSA) is 78.4 Å². The van der Waals surface area contributed by atoms with Crippen LogP contribution in [0.2, 0.25) is 0 Å². The largest absolute Gasteiger partial charge is 0.384 e. The number of hydrogen-bond donors (Lipinski definition) is 3. The third kappa shape index (κ3) is 3.58. The number of rotatable bonds is 3. The molecule has 1 atom stereocenters. The van der Waals surface area contributed by atoms with Crippen LogP contribution in [0.4, 0.5) is 0 Å². The van der Waals surface area contributed by atoms with E-state index in [1.807, 2.05) is 0 Å². The van der Waals surface area contributed by atoms with Crippen LogP contribution in [-0.2, 0) is 4.79 Å². The van der Waals surface area contributed by atoms with Crippen molar-refractivity contribution >= 4 is 23.2 Å². The monoisotopic (exact) mass is 266 g/mol. The molecule has 1 unspecified atom stereocenters. The van der Waals surface area contributed by atoms with Gasteiger partial charge in [0.05, 0.1) is 0 Å². The fourth-order valence-corrected chi connectivity index (χ4v) is 2.01. The highest BCUT2D eigenvalue weighted by atomic mass is 32.1. The van der Waals surface area contributed by atoms with Crippen molar-refractivity contribution < 1.29 is 14.7 Å². The lowest BCUT2D eigenvalue weighted by Gasteiger charge is -2.11. The van der Waals surface area contributed by atoms with Gasteiger partial charge in [0.25, 0.3) is 5.91 Å². The van der Waals surface area contributed by atoms with Crippen LogP contribution in [0.1, 0.15) is 22.2 Å². The lowest BCUT2D eigenvalue weighted by Crippen LogP contribution is -2.43. The van der Waals surface area contributed by atoms with E-state index < -0.39 is 6.04 Å². The minimum Gasteiger partial charge on any atom is -0.384 e. The van der Waals surface area contributed by atoms with Gasteiger partial charge in [-0.2, -0.15) is 0 Å². The Kier molecular flexibility index (Phi) is 5.36. The fourth-order valence-electron chi connectivity index (χ4n) is 1.26. The third-order valence-electron chi connectivity index (χ3n) is 2.16. The molecule has 18 heavy (non-hydrogen) atoms. The van der Waals surface area contributed by atoms with Gasteiger partial charge in [-0.1, -0.05) is 11.8 Å². The van der Waals surface area contributed by atoms with E-state index in [-0.39, 0.29) is 18.4 Å². The van der Waals surface area contributed by atoms with Crippen molar-refractivity contribution in [1.29, 1.82) is 0 Å². The molecule has 0 bridgehead atoms. The van der Waals surface area contributed by atoms with Crippen LogP contribution in [0.5, 0.6) is 0 Å². The van der Waals surface area contributed by atoms with Crippen molar-refractivity contribution in [2.24, 2.45) is 0 Å². The summed E-state index contributed by atoms with van der Waals surface area (Å²) in [5.74, 6) is 4.57. The van der Waals surface area contributed by atoms with Gasteiger partial charge < -0.3 is 15.7 Å². The molecule has 3 N–H and O–H groups in total. The third-order valence-corrected chi connectivity index (χ3v) is 3.07. The first-order chi connectivity index (χ1) is 8.60. The fraction of sp³-hybridized carbons (Fsp3) is 0.333. The molecule has 0 aromatic carbocycles. The molecule has 0 radical (unpaired) electrons. The molecular weight excluding hydrogens is 252 g/mol. The quantitative estimate of drug-likeness (QED) is 0.672. The van der Waals surface area contributed by atoms with Crippen molar-refractivity contribution in [2.45, 2.75) is 13.0 Å². The van der Waals surface area contributed by atoms with Crippen LogP contribution in [0.15, 0.2) is 11.4 Å². The van der Waals surface area contributed by atoms with E-state index in [1.54, 1.807) is 18.4 Å². The summed E-state index contributed by atoms with van der Waals surface area (Å²) < 4.78 is 0. The Bertz CT molecular complexity index is 499. The van der Waals surface area contributed by atoms with Crippen LogP contribution in [0, 0.1) is 11.8 Å². The van der Waals surface area contributed by atoms with Gasteiger partial charge in [0.2, 0.25) is 5.91 Å². The van der Waals surface area contributed by atoms with Crippen LogP contribution < -0.4 is 10.6 Å². The van der Waals surface area contributed by atoms with E-state index in [4.69, 9.17) is 5.11 Å². The molecule has 0 spiro atoms. The molecule has 1 rings (SSSR count). The van der Waals surface area contributed by atoms with Gasteiger partial charge in [0, 0.05) is 12.6 Å². The molecular formula is C12H14N2O3S. The Morgan fingerprint density at radius 2 is 2.28 bits per heavy atom. The Hall–Kier alpha value is -1.84.